The van der Waals surface area contributed by atoms with E-state index in [9.17, 15) is 27.2 Å². The van der Waals surface area contributed by atoms with Crippen LogP contribution in [-0.4, -0.2) is 27.1 Å². The Morgan fingerprint density at radius 3 is 2.34 bits per heavy atom. The highest BCUT2D eigenvalue weighted by molar-refractivity contribution is 5.35. The van der Waals surface area contributed by atoms with E-state index in [1.165, 1.54) is 0 Å². The number of alkyl halides is 3. The molecule has 0 aliphatic carbocycles. The molecule has 6 rings (SSSR count). The average Bonchev–Trinajstić information content (AvgIpc) is 3.58. The summed E-state index contributed by atoms with van der Waals surface area (Å²) in [5, 5.41) is 0. The number of hydrogen-bond acceptors (Lipinski definition) is 6. The summed E-state index contributed by atoms with van der Waals surface area (Å²) in [6.07, 6.45) is -4.04. The van der Waals surface area contributed by atoms with Gasteiger partial charge in [-0.15, -0.1) is 0 Å². The summed E-state index contributed by atoms with van der Waals surface area (Å²) in [6.45, 7) is 2.41. The fourth-order valence-corrected chi connectivity index (χ4v) is 6.35. The first-order valence-electron chi connectivity index (χ1n) is 14.4. The van der Waals surface area contributed by atoms with Crippen molar-refractivity contribution in [2.45, 2.75) is 63.8 Å². The van der Waals surface area contributed by atoms with Crippen LogP contribution in [-0.2, 0) is 42.8 Å². The first kappa shape index (κ1) is 30.0. The molecule has 1 fully saturated rings. The summed E-state index contributed by atoms with van der Waals surface area (Å²) in [4.78, 5) is 30.2. The number of ether oxygens (including phenoxy) is 1. The molecule has 44 heavy (non-hydrogen) atoms. The summed E-state index contributed by atoms with van der Waals surface area (Å²) < 4.78 is 70.8. The number of nitrogens with two attached hydrogens (primary N) is 1. The van der Waals surface area contributed by atoms with E-state index in [2.05, 4.69) is 4.90 Å². The lowest BCUT2D eigenvalue weighted by atomic mass is 9.85. The van der Waals surface area contributed by atoms with Crippen LogP contribution in [0.5, 0.6) is 0 Å². The maximum absolute atomic E-state index is 15.0. The summed E-state index contributed by atoms with van der Waals surface area (Å²) >= 11 is 0. The lowest BCUT2D eigenvalue weighted by Gasteiger charge is -2.38. The van der Waals surface area contributed by atoms with E-state index < -0.39 is 52.6 Å². The van der Waals surface area contributed by atoms with Crippen LogP contribution in [0.4, 0.5) is 17.6 Å². The SMILES string of the molecule is Cc1ccc(CN2CCC3(CC2)OCc2c3c(=O)n(CC(N)c3ccccc3)c(=O)n2Cc2c(F)cccc2C(F)(F)F)o1. The first-order chi connectivity index (χ1) is 21.0. The van der Waals surface area contributed by atoms with Crippen molar-refractivity contribution in [1.82, 2.24) is 14.0 Å². The van der Waals surface area contributed by atoms with Crippen molar-refractivity contribution < 1.29 is 26.7 Å². The predicted octanol–water partition coefficient (Wildman–Crippen LogP) is 4.84. The van der Waals surface area contributed by atoms with Crippen LogP contribution in [0.1, 0.15) is 58.4 Å². The highest BCUT2D eigenvalue weighted by Gasteiger charge is 2.47. The van der Waals surface area contributed by atoms with Gasteiger partial charge >= 0.3 is 11.9 Å². The number of furan rings is 1. The van der Waals surface area contributed by atoms with Crippen molar-refractivity contribution in [2.24, 2.45) is 5.73 Å². The molecule has 232 valence electrons. The van der Waals surface area contributed by atoms with Gasteiger partial charge in [-0.1, -0.05) is 36.4 Å². The fourth-order valence-electron chi connectivity index (χ4n) is 6.35. The molecule has 12 heteroatoms. The molecule has 1 unspecified atom stereocenters. The van der Waals surface area contributed by atoms with Crippen molar-refractivity contribution in [3.8, 4) is 0 Å². The number of aromatic nitrogens is 2. The van der Waals surface area contributed by atoms with E-state index in [0.29, 0.717) is 38.0 Å². The smallest absolute Gasteiger partial charge is 0.416 e. The van der Waals surface area contributed by atoms with Gasteiger partial charge in [-0.05, 0) is 49.6 Å². The molecule has 8 nitrogen and oxygen atoms in total. The Bertz CT molecular complexity index is 1790. The highest BCUT2D eigenvalue weighted by atomic mass is 19.4. The summed E-state index contributed by atoms with van der Waals surface area (Å²) in [5.41, 5.74) is 3.07. The van der Waals surface area contributed by atoms with Crippen LogP contribution in [0.15, 0.2) is 74.7 Å². The standard InChI is InChI=1S/C32H32F4N4O4/c1-20-10-11-22(44-20)16-38-14-12-31(13-15-38)28-27(19-43-31)39(17-23-24(32(34,35)36)8-5-9-25(23)33)30(42)40(29(28)41)18-26(37)21-6-3-2-4-7-21/h2-11,26H,12-19,37H2,1H3. The maximum atomic E-state index is 15.0. The molecule has 1 atom stereocenters. The molecule has 2 aliphatic rings. The molecule has 0 saturated carbocycles. The number of benzene rings is 2. The molecule has 0 radical (unpaired) electrons. The number of hydrogen-bond donors (Lipinski definition) is 1. The van der Waals surface area contributed by atoms with Crippen LogP contribution < -0.4 is 17.0 Å². The molecule has 1 spiro atoms. The minimum Gasteiger partial charge on any atom is -0.465 e. The van der Waals surface area contributed by atoms with Crippen LogP contribution >= 0.6 is 0 Å². The summed E-state index contributed by atoms with van der Waals surface area (Å²) in [6, 6.07) is 14.6. The van der Waals surface area contributed by atoms with E-state index in [4.69, 9.17) is 14.9 Å². The summed E-state index contributed by atoms with van der Waals surface area (Å²) in [7, 11) is 0. The molecular weight excluding hydrogens is 580 g/mol. The monoisotopic (exact) mass is 612 g/mol. The molecule has 1 saturated heterocycles. The molecule has 4 heterocycles. The molecule has 2 aromatic carbocycles. The van der Waals surface area contributed by atoms with Gasteiger partial charge in [0.1, 0.15) is 22.9 Å². The predicted molar refractivity (Wildman–Crippen MR) is 153 cm³/mol. The quantitative estimate of drug-likeness (QED) is 0.300. The van der Waals surface area contributed by atoms with Gasteiger partial charge in [0.15, 0.2) is 0 Å². The second-order valence-electron chi connectivity index (χ2n) is 11.5. The lowest BCUT2D eigenvalue weighted by Crippen LogP contribution is -2.49. The Morgan fingerprint density at radius 1 is 0.955 bits per heavy atom. The Balaban J connectivity index is 1.43. The van der Waals surface area contributed by atoms with Crippen molar-refractivity contribution in [1.29, 1.82) is 0 Å². The average molecular weight is 613 g/mol. The zero-order chi connectivity index (χ0) is 31.2. The Hall–Kier alpha value is -4.00. The highest BCUT2D eigenvalue weighted by Crippen LogP contribution is 2.43. The second-order valence-corrected chi connectivity index (χ2v) is 11.5. The molecule has 0 bridgehead atoms. The zero-order valence-corrected chi connectivity index (χ0v) is 24.1. The third-order valence-corrected chi connectivity index (χ3v) is 8.66. The van der Waals surface area contributed by atoms with Crippen molar-refractivity contribution in [3.05, 3.63) is 127 Å². The van der Waals surface area contributed by atoms with E-state index in [1.807, 2.05) is 19.1 Å². The third kappa shape index (κ3) is 5.53. The van der Waals surface area contributed by atoms with Crippen LogP contribution in [0.25, 0.3) is 0 Å². The van der Waals surface area contributed by atoms with Gasteiger partial charge in [0.2, 0.25) is 0 Å². The van der Waals surface area contributed by atoms with Gasteiger partial charge in [-0.2, -0.15) is 13.2 Å². The lowest BCUT2D eigenvalue weighted by molar-refractivity contribution is -0.138. The Labute approximate surface area is 250 Å². The topological polar surface area (TPSA) is 95.6 Å². The Morgan fingerprint density at radius 2 is 1.68 bits per heavy atom. The number of likely N-dealkylation sites (tertiary alicyclic amines) is 1. The first-order valence-corrected chi connectivity index (χ1v) is 14.4. The largest absolute Gasteiger partial charge is 0.465 e. The minimum atomic E-state index is -4.86. The van der Waals surface area contributed by atoms with Gasteiger partial charge in [-0.25, -0.2) is 9.18 Å². The van der Waals surface area contributed by atoms with E-state index in [0.717, 1.165) is 38.9 Å². The van der Waals surface area contributed by atoms with Crippen LogP contribution in [0, 0.1) is 12.7 Å². The molecule has 4 aromatic rings. The maximum Gasteiger partial charge on any atom is 0.416 e. The molecule has 2 aromatic heterocycles. The number of nitrogens with zero attached hydrogens (tertiary/aromatic N) is 3. The number of rotatable bonds is 7. The van der Waals surface area contributed by atoms with Crippen molar-refractivity contribution in [2.75, 3.05) is 13.1 Å². The number of fused-ring (bicyclic) bond motifs is 2. The zero-order valence-electron chi connectivity index (χ0n) is 24.1. The number of aryl methyl sites for hydroxylation is 1. The van der Waals surface area contributed by atoms with Crippen LogP contribution in [0.3, 0.4) is 0 Å². The number of piperidine rings is 1. The van der Waals surface area contributed by atoms with Gasteiger partial charge in [0, 0.05) is 24.7 Å². The fraction of sp³-hybridized carbons (Fsp3) is 0.375. The van der Waals surface area contributed by atoms with E-state index in [-0.39, 0.29) is 24.4 Å². The molecule has 2 aliphatic heterocycles. The molecule has 2 N–H and O–H groups in total. The van der Waals surface area contributed by atoms with Crippen molar-refractivity contribution >= 4 is 0 Å². The summed E-state index contributed by atoms with van der Waals surface area (Å²) in [5.74, 6) is 0.509. The Kier molecular flexibility index (Phi) is 7.85. The second kappa shape index (κ2) is 11.5. The van der Waals surface area contributed by atoms with E-state index in [1.54, 1.807) is 30.3 Å². The number of halogens is 4. The van der Waals surface area contributed by atoms with Gasteiger partial charge in [0.05, 0.1) is 43.1 Å². The van der Waals surface area contributed by atoms with Crippen LogP contribution in [0.2, 0.25) is 0 Å². The molecular formula is C32H32F4N4O4. The van der Waals surface area contributed by atoms with E-state index >= 15 is 0 Å². The minimum absolute atomic E-state index is 0.163. The van der Waals surface area contributed by atoms with Crippen molar-refractivity contribution in [3.63, 3.8) is 0 Å². The van der Waals surface area contributed by atoms with Gasteiger partial charge in [-0.3, -0.25) is 18.8 Å². The molecule has 0 amide bonds. The normalized spacial score (nSPS) is 17.2. The van der Waals surface area contributed by atoms with Gasteiger partial charge in [0.25, 0.3) is 5.56 Å². The third-order valence-electron chi connectivity index (χ3n) is 8.66. The van der Waals surface area contributed by atoms with Gasteiger partial charge < -0.3 is 14.9 Å².